The molecule has 1 fully saturated rings. The number of hydrogen-bond donors (Lipinski definition) is 1. The second-order valence-corrected chi connectivity index (χ2v) is 5.89. The summed E-state index contributed by atoms with van der Waals surface area (Å²) in [7, 11) is 0. The third-order valence-corrected chi connectivity index (χ3v) is 4.02. The van der Waals surface area contributed by atoms with Crippen LogP contribution in [-0.4, -0.2) is 34.9 Å². The molecule has 0 bridgehead atoms. The summed E-state index contributed by atoms with van der Waals surface area (Å²) in [6.45, 7) is 1.58. The first-order chi connectivity index (χ1) is 11.8. The lowest BCUT2D eigenvalue weighted by molar-refractivity contribution is -0.384. The number of carbonyl (C=O) groups excluding carboxylic acids is 1. The Morgan fingerprint density at radius 2 is 2.16 bits per heavy atom. The lowest BCUT2D eigenvalue weighted by Gasteiger charge is -2.10. The Morgan fingerprint density at radius 1 is 1.52 bits per heavy atom. The molecular formula is C15H13Cl2FN2O5. The summed E-state index contributed by atoms with van der Waals surface area (Å²) < 4.78 is 18.7. The molecule has 1 aromatic carbocycles. The Kier molecular flexibility index (Phi) is 5.97. The van der Waals surface area contributed by atoms with Gasteiger partial charge in [0.25, 0.3) is 0 Å². The van der Waals surface area contributed by atoms with Gasteiger partial charge >= 0.3 is 11.7 Å². The number of nitrogens with zero attached hydrogens (tertiary/aromatic N) is 2. The fraction of sp³-hybridized carbons (Fsp3) is 0.333. The molecule has 25 heavy (non-hydrogen) atoms. The van der Waals surface area contributed by atoms with Crippen molar-refractivity contribution in [3.05, 3.63) is 43.2 Å². The summed E-state index contributed by atoms with van der Waals surface area (Å²) in [5.41, 5.74) is -1.75. The van der Waals surface area contributed by atoms with Crippen LogP contribution in [0.4, 0.5) is 10.1 Å². The van der Waals surface area contributed by atoms with Crippen LogP contribution in [0.3, 0.4) is 0 Å². The minimum atomic E-state index is -1.17. The van der Waals surface area contributed by atoms with Crippen molar-refractivity contribution in [2.75, 3.05) is 6.61 Å². The molecule has 1 aliphatic carbocycles. The molecule has 0 heterocycles. The van der Waals surface area contributed by atoms with Gasteiger partial charge in [0.05, 0.1) is 17.6 Å². The first kappa shape index (κ1) is 19.1. The fourth-order valence-electron chi connectivity index (χ4n) is 1.89. The first-order valence-electron chi connectivity index (χ1n) is 7.23. The molecule has 1 saturated carbocycles. The largest absolute Gasteiger partial charge is 0.506 e. The van der Waals surface area contributed by atoms with E-state index >= 15 is 0 Å². The van der Waals surface area contributed by atoms with Crippen LogP contribution in [-0.2, 0) is 9.53 Å². The summed E-state index contributed by atoms with van der Waals surface area (Å²) in [5.74, 6) is -2.87. The highest BCUT2D eigenvalue weighted by molar-refractivity contribution is 6.39. The van der Waals surface area contributed by atoms with Gasteiger partial charge in [0.2, 0.25) is 0 Å². The third-order valence-electron chi connectivity index (χ3n) is 3.28. The van der Waals surface area contributed by atoms with E-state index in [1.165, 1.54) is 0 Å². The van der Waals surface area contributed by atoms with Crippen molar-refractivity contribution in [1.82, 2.24) is 0 Å². The van der Waals surface area contributed by atoms with Crippen LogP contribution in [0.2, 0.25) is 10.0 Å². The molecule has 10 heteroatoms. The number of halogens is 3. The minimum absolute atomic E-state index is 0.0236. The molecule has 0 atom stereocenters. The molecule has 7 nitrogen and oxygen atoms in total. The van der Waals surface area contributed by atoms with Crippen molar-refractivity contribution in [1.29, 1.82) is 0 Å². The van der Waals surface area contributed by atoms with E-state index in [-0.39, 0.29) is 18.2 Å². The maximum absolute atomic E-state index is 13.9. The van der Waals surface area contributed by atoms with Gasteiger partial charge in [0.15, 0.2) is 5.02 Å². The number of aliphatic hydroxyl groups excluding tert-OH is 1. The zero-order chi connectivity index (χ0) is 18.7. The van der Waals surface area contributed by atoms with Crippen molar-refractivity contribution in [3.63, 3.8) is 0 Å². The highest BCUT2D eigenvalue weighted by Crippen LogP contribution is 2.40. The number of nitro benzene ring substituents is 1. The van der Waals surface area contributed by atoms with E-state index in [1.54, 1.807) is 6.92 Å². The Bertz CT molecular complexity index is 791. The zero-order valence-corrected chi connectivity index (χ0v) is 14.5. The van der Waals surface area contributed by atoms with Crippen molar-refractivity contribution < 1.29 is 24.0 Å². The topological polar surface area (TPSA) is 102 Å². The van der Waals surface area contributed by atoms with E-state index in [0.29, 0.717) is 6.07 Å². The number of esters is 1. The molecule has 1 aliphatic rings. The average molecular weight is 391 g/mol. The maximum atomic E-state index is 13.9. The molecule has 0 spiro atoms. The molecule has 0 aromatic heterocycles. The predicted octanol–water partition coefficient (Wildman–Crippen LogP) is 4.11. The normalized spacial score (nSPS) is 15.2. The van der Waals surface area contributed by atoms with Gasteiger partial charge < -0.3 is 9.84 Å². The van der Waals surface area contributed by atoms with Gasteiger partial charge in [-0.05, 0) is 25.8 Å². The van der Waals surface area contributed by atoms with Gasteiger partial charge in [-0.25, -0.2) is 9.18 Å². The van der Waals surface area contributed by atoms with Crippen LogP contribution in [0, 0.1) is 15.9 Å². The molecule has 0 aliphatic heterocycles. The van der Waals surface area contributed by atoms with E-state index in [9.17, 15) is 24.4 Å². The maximum Gasteiger partial charge on any atom is 0.343 e. The number of nitro groups is 1. The van der Waals surface area contributed by atoms with Gasteiger partial charge in [0.1, 0.15) is 22.2 Å². The summed E-state index contributed by atoms with van der Waals surface area (Å²) in [4.78, 5) is 26.2. The highest BCUT2D eigenvalue weighted by Gasteiger charge is 2.29. The molecule has 0 amide bonds. The summed E-state index contributed by atoms with van der Waals surface area (Å²) in [5, 5.41) is 20.0. The second kappa shape index (κ2) is 7.79. The molecule has 0 saturated heterocycles. The van der Waals surface area contributed by atoms with E-state index in [2.05, 4.69) is 4.99 Å². The second-order valence-electron chi connectivity index (χ2n) is 5.13. The number of aliphatic imine (C=N–C) groups is 1. The Morgan fingerprint density at radius 3 is 2.68 bits per heavy atom. The van der Waals surface area contributed by atoms with Gasteiger partial charge in [-0.15, -0.1) is 0 Å². The summed E-state index contributed by atoms with van der Waals surface area (Å²) >= 11 is 11.4. The minimum Gasteiger partial charge on any atom is -0.506 e. The SMILES string of the molecule is CCOC(=O)C(C=NC1CC1)=C(O)c1cc(F)c(Cl)c([N+](=O)[O-])c1Cl. The number of ether oxygens (including phenoxy) is 1. The van der Waals surface area contributed by atoms with E-state index in [0.717, 1.165) is 19.1 Å². The van der Waals surface area contributed by atoms with Crippen LogP contribution in [0.5, 0.6) is 0 Å². The van der Waals surface area contributed by atoms with E-state index in [1.807, 2.05) is 0 Å². The van der Waals surface area contributed by atoms with E-state index < -0.39 is 43.8 Å². The molecule has 1 N–H and O–H groups in total. The zero-order valence-electron chi connectivity index (χ0n) is 13.0. The molecule has 0 unspecified atom stereocenters. The fourth-order valence-corrected chi connectivity index (χ4v) is 2.47. The standard InChI is InChI=1S/C15H13Cl2FN2O5/c1-2-25-15(22)9(6-19-7-3-4-7)14(21)8-5-10(18)12(17)13(11(8)16)20(23)24/h5-7,21H,2-4H2,1H3. The van der Waals surface area contributed by atoms with Crippen LogP contribution >= 0.6 is 23.2 Å². The van der Waals surface area contributed by atoms with Crippen molar-refractivity contribution in [2.45, 2.75) is 25.8 Å². The summed E-state index contributed by atoms with van der Waals surface area (Å²) in [6.07, 6.45) is 2.78. The van der Waals surface area contributed by atoms with Crippen molar-refractivity contribution >= 4 is 46.8 Å². The predicted molar refractivity (Wildman–Crippen MR) is 90.8 cm³/mol. The van der Waals surface area contributed by atoms with E-state index in [4.69, 9.17) is 27.9 Å². The van der Waals surface area contributed by atoms with Gasteiger partial charge in [-0.2, -0.15) is 0 Å². The first-order valence-corrected chi connectivity index (χ1v) is 7.99. The lowest BCUT2D eigenvalue weighted by Crippen LogP contribution is -2.12. The number of benzene rings is 1. The summed E-state index contributed by atoms with van der Waals surface area (Å²) in [6, 6.07) is 0.737. The average Bonchev–Trinajstić information content (AvgIpc) is 3.35. The number of aliphatic hydroxyl groups is 1. The Hall–Kier alpha value is -2.19. The van der Waals surface area contributed by atoms with Crippen LogP contribution in [0.25, 0.3) is 5.76 Å². The van der Waals surface area contributed by atoms with Gasteiger partial charge in [-0.3, -0.25) is 15.1 Å². The quantitative estimate of drug-likeness (QED) is 0.150. The van der Waals surface area contributed by atoms with Crippen LogP contribution in [0.1, 0.15) is 25.3 Å². The molecular weight excluding hydrogens is 378 g/mol. The highest BCUT2D eigenvalue weighted by atomic mass is 35.5. The lowest BCUT2D eigenvalue weighted by atomic mass is 10.1. The Balaban J connectivity index is 2.63. The van der Waals surface area contributed by atoms with Gasteiger partial charge in [0, 0.05) is 11.8 Å². The smallest absolute Gasteiger partial charge is 0.343 e. The Labute approximate surface area is 151 Å². The molecule has 134 valence electrons. The number of hydrogen-bond acceptors (Lipinski definition) is 6. The number of rotatable bonds is 6. The molecule has 2 rings (SSSR count). The monoisotopic (exact) mass is 390 g/mol. The van der Waals surface area contributed by atoms with Crippen LogP contribution in [0.15, 0.2) is 16.6 Å². The van der Waals surface area contributed by atoms with Crippen LogP contribution < -0.4 is 0 Å². The number of carbonyl (C=O) groups is 1. The van der Waals surface area contributed by atoms with Crippen molar-refractivity contribution in [3.8, 4) is 0 Å². The molecule has 1 aromatic rings. The third kappa shape index (κ3) is 4.26. The van der Waals surface area contributed by atoms with Gasteiger partial charge in [-0.1, -0.05) is 23.2 Å². The molecule has 0 radical (unpaired) electrons. The van der Waals surface area contributed by atoms with Crippen molar-refractivity contribution in [2.24, 2.45) is 4.99 Å².